The second kappa shape index (κ2) is 9.32. The molecule has 0 aromatic carbocycles. The molecule has 98 valence electrons. The van der Waals surface area contributed by atoms with Crippen LogP contribution in [0, 0.1) is 5.92 Å². The predicted molar refractivity (Wildman–Crippen MR) is 77.1 cm³/mol. The Bertz CT molecular complexity index is 160. The van der Waals surface area contributed by atoms with E-state index in [1.807, 2.05) is 11.8 Å². The molecular formula is C13H30N2S. The highest BCUT2D eigenvalue weighted by atomic mass is 32.2. The highest BCUT2D eigenvalue weighted by Gasteiger charge is 2.20. The van der Waals surface area contributed by atoms with E-state index in [1.165, 1.54) is 17.9 Å². The monoisotopic (exact) mass is 246 g/mol. The topological polar surface area (TPSA) is 29.3 Å². The van der Waals surface area contributed by atoms with E-state index in [2.05, 4.69) is 39.5 Å². The number of nitrogens with two attached hydrogens (primary N) is 1. The zero-order chi connectivity index (χ0) is 12.6. The van der Waals surface area contributed by atoms with E-state index in [1.54, 1.807) is 0 Å². The van der Waals surface area contributed by atoms with Gasteiger partial charge in [0.25, 0.3) is 0 Å². The maximum atomic E-state index is 5.92. The lowest BCUT2D eigenvalue weighted by atomic mass is 10.1. The van der Waals surface area contributed by atoms with Crippen LogP contribution in [0.1, 0.15) is 41.0 Å². The molecule has 2 N–H and O–H groups in total. The van der Waals surface area contributed by atoms with Gasteiger partial charge in [-0.25, -0.2) is 0 Å². The maximum absolute atomic E-state index is 5.92. The standard InChI is InChI=1S/C13H30N2S/c1-6-16-8-7-13(9-14)15(12(4)5)10-11(2)3/h11-13H,6-10,14H2,1-5H3. The van der Waals surface area contributed by atoms with Gasteiger partial charge in [-0.1, -0.05) is 20.8 Å². The van der Waals surface area contributed by atoms with Crippen molar-refractivity contribution in [3.05, 3.63) is 0 Å². The fourth-order valence-corrected chi connectivity index (χ4v) is 2.71. The molecule has 0 saturated heterocycles. The molecule has 0 aromatic rings. The van der Waals surface area contributed by atoms with Gasteiger partial charge >= 0.3 is 0 Å². The Labute approximate surface area is 106 Å². The van der Waals surface area contributed by atoms with Crippen molar-refractivity contribution >= 4 is 11.8 Å². The van der Waals surface area contributed by atoms with E-state index in [4.69, 9.17) is 5.73 Å². The average Bonchev–Trinajstić information content (AvgIpc) is 2.21. The molecule has 0 fully saturated rings. The molecule has 16 heavy (non-hydrogen) atoms. The Morgan fingerprint density at radius 3 is 2.19 bits per heavy atom. The average molecular weight is 246 g/mol. The van der Waals surface area contributed by atoms with Gasteiger partial charge < -0.3 is 5.73 Å². The van der Waals surface area contributed by atoms with E-state index in [0.717, 1.165) is 19.0 Å². The molecule has 0 heterocycles. The first-order chi connectivity index (χ1) is 7.52. The van der Waals surface area contributed by atoms with Gasteiger partial charge in [0, 0.05) is 25.2 Å². The quantitative estimate of drug-likeness (QED) is 0.634. The van der Waals surface area contributed by atoms with Gasteiger partial charge in [0.15, 0.2) is 0 Å². The summed E-state index contributed by atoms with van der Waals surface area (Å²) in [5.74, 6) is 3.17. The molecule has 0 rings (SSSR count). The van der Waals surface area contributed by atoms with Gasteiger partial charge in [0.1, 0.15) is 0 Å². The van der Waals surface area contributed by atoms with Crippen molar-refractivity contribution in [1.29, 1.82) is 0 Å². The molecule has 2 nitrogen and oxygen atoms in total. The van der Waals surface area contributed by atoms with Crippen molar-refractivity contribution in [2.24, 2.45) is 11.7 Å². The summed E-state index contributed by atoms with van der Waals surface area (Å²) in [6.45, 7) is 13.3. The Kier molecular flexibility index (Phi) is 9.47. The van der Waals surface area contributed by atoms with Crippen molar-refractivity contribution in [2.45, 2.75) is 53.1 Å². The lowest BCUT2D eigenvalue weighted by molar-refractivity contribution is 0.135. The summed E-state index contributed by atoms with van der Waals surface area (Å²) in [5, 5.41) is 0. The van der Waals surface area contributed by atoms with E-state index in [0.29, 0.717) is 12.1 Å². The molecule has 0 spiro atoms. The molecule has 1 unspecified atom stereocenters. The second-order valence-electron chi connectivity index (χ2n) is 5.06. The van der Waals surface area contributed by atoms with Crippen molar-refractivity contribution in [3.63, 3.8) is 0 Å². The number of hydrogen-bond donors (Lipinski definition) is 1. The van der Waals surface area contributed by atoms with Gasteiger partial charge in [-0.3, -0.25) is 4.90 Å². The summed E-state index contributed by atoms with van der Waals surface area (Å²) < 4.78 is 0. The highest BCUT2D eigenvalue weighted by Crippen LogP contribution is 2.14. The summed E-state index contributed by atoms with van der Waals surface area (Å²) in [4.78, 5) is 2.57. The number of nitrogens with zero attached hydrogens (tertiary/aromatic N) is 1. The molecular weight excluding hydrogens is 216 g/mol. The van der Waals surface area contributed by atoms with Gasteiger partial charge in [0.2, 0.25) is 0 Å². The van der Waals surface area contributed by atoms with Crippen LogP contribution in [0.2, 0.25) is 0 Å². The molecule has 0 bridgehead atoms. The normalized spacial score (nSPS) is 14.1. The third kappa shape index (κ3) is 6.77. The summed E-state index contributed by atoms with van der Waals surface area (Å²) in [5.41, 5.74) is 5.92. The molecule has 0 saturated carbocycles. The van der Waals surface area contributed by atoms with Gasteiger partial charge in [-0.05, 0) is 37.7 Å². The van der Waals surface area contributed by atoms with Crippen LogP contribution in [0.25, 0.3) is 0 Å². The van der Waals surface area contributed by atoms with Crippen molar-refractivity contribution in [3.8, 4) is 0 Å². The summed E-state index contributed by atoms with van der Waals surface area (Å²) in [6, 6.07) is 1.16. The molecule has 0 radical (unpaired) electrons. The summed E-state index contributed by atoms with van der Waals surface area (Å²) in [7, 11) is 0. The first-order valence-electron chi connectivity index (χ1n) is 6.56. The van der Waals surface area contributed by atoms with Crippen LogP contribution in [-0.2, 0) is 0 Å². The summed E-state index contributed by atoms with van der Waals surface area (Å²) >= 11 is 2.02. The van der Waals surface area contributed by atoms with Crippen LogP contribution in [0.5, 0.6) is 0 Å². The van der Waals surface area contributed by atoms with Crippen LogP contribution in [-0.4, -0.2) is 41.6 Å². The fourth-order valence-electron chi connectivity index (χ4n) is 1.99. The minimum atomic E-state index is 0.557. The molecule has 1 atom stereocenters. The largest absolute Gasteiger partial charge is 0.329 e. The molecule has 3 heteroatoms. The minimum Gasteiger partial charge on any atom is -0.329 e. The van der Waals surface area contributed by atoms with Crippen LogP contribution in [0.4, 0.5) is 0 Å². The predicted octanol–water partition coefficient (Wildman–Crippen LogP) is 2.82. The van der Waals surface area contributed by atoms with E-state index >= 15 is 0 Å². The molecule has 0 aliphatic carbocycles. The molecule has 0 aliphatic rings. The van der Waals surface area contributed by atoms with Crippen molar-refractivity contribution in [2.75, 3.05) is 24.6 Å². The van der Waals surface area contributed by atoms with E-state index in [-0.39, 0.29) is 0 Å². The Morgan fingerprint density at radius 1 is 1.19 bits per heavy atom. The van der Waals surface area contributed by atoms with Crippen molar-refractivity contribution < 1.29 is 0 Å². The maximum Gasteiger partial charge on any atom is 0.0229 e. The third-order valence-corrected chi connectivity index (χ3v) is 3.71. The first-order valence-corrected chi connectivity index (χ1v) is 7.71. The lowest BCUT2D eigenvalue weighted by Gasteiger charge is -2.35. The second-order valence-corrected chi connectivity index (χ2v) is 6.45. The minimum absolute atomic E-state index is 0.557. The first kappa shape index (κ1) is 16.3. The van der Waals surface area contributed by atoms with Crippen LogP contribution >= 0.6 is 11.8 Å². The lowest BCUT2D eigenvalue weighted by Crippen LogP contribution is -2.46. The number of rotatable bonds is 9. The Hall–Kier alpha value is 0.270. The van der Waals surface area contributed by atoms with Gasteiger partial charge in [0.05, 0.1) is 0 Å². The fraction of sp³-hybridized carbons (Fsp3) is 1.00. The zero-order valence-corrected chi connectivity index (χ0v) is 12.5. The van der Waals surface area contributed by atoms with Gasteiger partial charge in [-0.15, -0.1) is 0 Å². The van der Waals surface area contributed by atoms with E-state index < -0.39 is 0 Å². The number of thioether (sulfide) groups is 1. The van der Waals surface area contributed by atoms with Gasteiger partial charge in [-0.2, -0.15) is 11.8 Å². The van der Waals surface area contributed by atoms with Crippen LogP contribution in [0.3, 0.4) is 0 Å². The zero-order valence-electron chi connectivity index (χ0n) is 11.7. The third-order valence-electron chi connectivity index (χ3n) is 2.78. The Morgan fingerprint density at radius 2 is 1.81 bits per heavy atom. The summed E-state index contributed by atoms with van der Waals surface area (Å²) in [6.07, 6.45) is 1.22. The molecule has 0 aromatic heterocycles. The number of hydrogen-bond acceptors (Lipinski definition) is 3. The van der Waals surface area contributed by atoms with E-state index in [9.17, 15) is 0 Å². The van der Waals surface area contributed by atoms with Crippen molar-refractivity contribution in [1.82, 2.24) is 4.90 Å². The van der Waals surface area contributed by atoms with Crippen LogP contribution in [0.15, 0.2) is 0 Å². The smallest absolute Gasteiger partial charge is 0.0229 e. The Balaban J connectivity index is 4.22. The molecule has 0 amide bonds. The highest BCUT2D eigenvalue weighted by molar-refractivity contribution is 7.99. The molecule has 0 aliphatic heterocycles. The SMILES string of the molecule is CCSCCC(CN)N(CC(C)C)C(C)C. The van der Waals surface area contributed by atoms with Crippen LogP contribution < -0.4 is 5.73 Å².